The van der Waals surface area contributed by atoms with Gasteiger partial charge in [0.05, 0.1) is 18.4 Å². The molecular weight excluding hydrogens is 412 g/mol. The summed E-state index contributed by atoms with van der Waals surface area (Å²) in [4.78, 5) is 46.9. The zero-order chi connectivity index (χ0) is 19.6. The minimum absolute atomic E-state index is 0.165. The maximum absolute atomic E-state index is 12.1. The summed E-state index contributed by atoms with van der Waals surface area (Å²) in [5, 5.41) is 3.34. The van der Waals surface area contributed by atoms with Crippen LogP contribution >= 0.6 is 35.7 Å². The predicted molar refractivity (Wildman–Crippen MR) is 104 cm³/mol. The SMILES string of the molecule is COc1cc(/C=C2\SC(=S)NC2=O)ccc1OC(=O)CC1SC(=O)NC1=O. The number of carbonyl (C=O) groups is 4. The number of rotatable bonds is 5. The Morgan fingerprint density at radius 2 is 2.04 bits per heavy atom. The van der Waals surface area contributed by atoms with Crippen LogP contribution in [0.1, 0.15) is 12.0 Å². The second-order valence-corrected chi connectivity index (χ2v) is 8.22. The number of thioether (sulfide) groups is 2. The molecule has 2 aliphatic rings. The van der Waals surface area contributed by atoms with Gasteiger partial charge in [-0.25, -0.2) is 0 Å². The number of thiocarbonyl (C=S) groups is 1. The molecule has 1 atom stereocenters. The summed E-state index contributed by atoms with van der Waals surface area (Å²) in [6, 6.07) is 4.77. The number of benzene rings is 1. The molecule has 2 saturated heterocycles. The average Bonchev–Trinajstić information content (AvgIpc) is 3.09. The highest BCUT2D eigenvalue weighted by Crippen LogP contribution is 2.32. The molecule has 3 rings (SSSR count). The highest BCUT2D eigenvalue weighted by Gasteiger charge is 2.34. The number of amides is 3. The van der Waals surface area contributed by atoms with Crippen LogP contribution < -0.4 is 20.1 Å². The van der Waals surface area contributed by atoms with Gasteiger partial charge in [-0.3, -0.25) is 24.5 Å². The monoisotopic (exact) mass is 424 g/mol. The lowest BCUT2D eigenvalue weighted by molar-refractivity contribution is -0.136. The van der Waals surface area contributed by atoms with E-state index in [1.54, 1.807) is 18.2 Å². The lowest BCUT2D eigenvalue weighted by Gasteiger charge is -2.11. The minimum atomic E-state index is -0.804. The molecular formula is C16H12N2O6S3. The molecule has 2 N–H and O–H groups in total. The quantitative estimate of drug-likeness (QED) is 0.316. The van der Waals surface area contributed by atoms with Gasteiger partial charge in [0, 0.05) is 0 Å². The van der Waals surface area contributed by atoms with Crippen molar-refractivity contribution < 1.29 is 28.7 Å². The van der Waals surface area contributed by atoms with Crippen molar-refractivity contribution in [3.05, 3.63) is 28.7 Å². The first-order chi connectivity index (χ1) is 12.9. The van der Waals surface area contributed by atoms with Crippen LogP contribution in [0.15, 0.2) is 23.1 Å². The van der Waals surface area contributed by atoms with Gasteiger partial charge in [-0.15, -0.1) is 0 Å². The molecule has 8 nitrogen and oxygen atoms in total. The maximum Gasteiger partial charge on any atom is 0.312 e. The Hall–Kier alpha value is -2.37. The van der Waals surface area contributed by atoms with E-state index in [1.807, 2.05) is 0 Å². The number of methoxy groups -OCH3 is 1. The van der Waals surface area contributed by atoms with E-state index < -0.39 is 22.4 Å². The van der Waals surface area contributed by atoms with E-state index in [0.29, 0.717) is 14.8 Å². The predicted octanol–water partition coefficient (Wildman–Crippen LogP) is 1.83. The van der Waals surface area contributed by atoms with Gasteiger partial charge >= 0.3 is 5.97 Å². The van der Waals surface area contributed by atoms with Crippen molar-refractivity contribution in [2.24, 2.45) is 0 Å². The number of hydrogen-bond acceptors (Lipinski definition) is 9. The molecule has 1 aromatic rings. The van der Waals surface area contributed by atoms with E-state index in [1.165, 1.54) is 13.2 Å². The van der Waals surface area contributed by atoms with Gasteiger partial charge in [0.1, 0.15) is 9.57 Å². The number of hydrogen-bond donors (Lipinski definition) is 2. The number of imide groups is 1. The molecule has 140 valence electrons. The molecule has 1 unspecified atom stereocenters. The fraction of sp³-hybridized carbons (Fsp3) is 0.188. The smallest absolute Gasteiger partial charge is 0.312 e. The Labute approximate surface area is 167 Å². The molecule has 1 aromatic carbocycles. The third-order valence-corrected chi connectivity index (χ3v) is 5.61. The van der Waals surface area contributed by atoms with Crippen LogP contribution in [0.5, 0.6) is 11.5 Å². The van der Waals surface area contributed by atoms with Crippen molar-refractivity contribution in [2.45, 2.75) is 11.7 Å². The third kappa shape index (κ3) is 4.67. The van der Waals surface area contributed by atoms with Crippen molar-refractivity contribution >= 4 is 69.2 Å². The first-order valence-corrected chi connectivity index (χ1v) is 9.61. The maximum atomic E-state index is 12.1. The van der Waals surface area contributed by atoms with Gasteiger partial charge in [0.25, 0.3) is 11.1 Å². The molecule has 27 heavy (non-hydrogen) atoms. The van der Waals surface area contributed by atoms with E-state index in [9.17, 15) is 19.2 Å². The molecule has 0 aromatic heterocycles. The van der Waals surface area contributed by atoms with Crippen LogP contribution in [-0.2, 0) is 14.4 Å². The third-order valence-electron chi connectivity index (χ3n) is 3.47. The largest absolute Gasteiger partial charge is 0.493 e. The molecule has 0 saturated carbocycles. The Bertz CT molecular complexity index is 898. The van der Waals surface area contributed by atoms with Gasteiger partial charge in [-0.2, -0.15) is 0 Å². The van der Waals surface area contributed by atoms with Crippen LogP contribution in [0.3, 0.4) is 0 Å². The van der Waals surface area contributed by atoms with Crippen LogP contribution in [0.25, 0.3) is 6.08 Å². The first-order valence-electron chi connectivity index (χ1n) is 7.51. The van der Waals surface area contributed by atoms with Gasteiger partial charge in [-0.05, 0) is 23.8 Å². The number of ether oxygens (including phenoxy) is 2. The van der Waals surface area contributed by atoms with E-state index in [2.05, 4.69) is 10.6 Å². The number of esters is 1. The van der Waals surface area contributed by atoms with E-state index >= 15 is 0 Å². The number of nitrogens with one attached hydrogen (secondary N) is 2. The Balaban J connectivity index is 1.71. The van der Waals surface area contributed by atoms with Crippen molar-refractivity contribution in [3.63, 3.8) is 0 Å². The standard InChI is InChI=1S/C16H12N2O6S3/c1-23-9-4-7(5-10-14(21)18-16(25)27-10)2-3-8(9)24-12(19)6-11-13(20)17-15(22)26-11/h2-5,11H,6H2,1H3,(H,17,20,22)(H,18,21,25)/b10-5-. The summed E-state index contributed by atoms with van der Waals surface area (Å²) in [7, 11) is 1.41. The topological polar surface area (TPSA) is 111 Å². The Kier molecular flexibility index (Phi) is 5.82. The summed E-state index contributed by atoms with van der Waals surface area (Å²) in [5.41, 5.74) is 0.658. The summed E-state index contributed by atoms with van der Waals surface area (Å²) in [6.45, 7) is 0. The van der Waals surface area contributed by atoms with Crippen LogP contribution in [-0.4, -0.2) is 39.7 Å². The summed E-state index contributed by atoms with van der Waals surface area (Å²) in [6.07, 6.45) is 1.39. The lowest BCUT2D eigenvalue weighted by Crippen LogP contribution is -2.27. The lowest BCUT2D eigenvalue weighted by atomic mass is 10.2. The fourth-order valence-electron chi connectivity index (χ4n) is 2.27. The number of carbonyl (C=O) groups excluding carboxylic acids is 4. The molecule has 0 spiro atoms. The van der Waals surface area contributed by atoms with Crippen molar-refractivity contribution in [1.29, 1.82) is 0 Å². The fourth-order valence-corrected chi connectivity index (χ4v) is 4.12. The van der Waals surface area contributed by atoms with Gasteiger partial charge in [0.2, 0.25) is 5.91 Å². The second kappa shape index (κ2) is 8.11. The Morgan fingerprint density at radius 1 is 1.26 bits per heavy atom. The molecule has 0 bridgehead atoms. The van der Waals surface area contributed by atoms with Crippen molar-refractivity contribution in [3.8, 4) is 11.5 Å². The van der Waals surface area contributed by atoms with E-state index in [0.717, 1.165) is 23.5 Å². The van der Waals surface area contributed by atoms with Gasteiger partial charge in [-0.1, -0.05) is 41.8 Å². The summed E-state index contributed by atoms with van der Waals surface area (Å²) in [5.74, 6) is -1.01. The zero-order valence-corrected chi connectivity index (χ0v) is 16.2. The normalized spacial score (nSPS) is 20.6. The average molecular weight is 424 g/mol. The highest BCUT2D eigenvalue weighted by molar-refractivity contribution is 8.26. The molecule has 2 heterocycles. The Morgan fingerprint density at radius 3 is 2.63 bits per heavy atom. The van der Waals surface area contributed by atoms with E-state index in [-0.39, 0.29) is 23.8 Å². The summed E-state index contributed by atoms with van der Waals surface area (Å²) < 4.78 is 10.9. The molecule has 2 aliphatic heterocycles. The summed E-state index contributed by atoms with van der Waals surface area (Å²) >= 11 is 6.84. The minimum Gasteiger partial charge on any atom is -0.493 e. The molecule has 0 aliphatic carbocycles. The van der Waals surface area contributed by atoms with Crippen LogP contribution in [0.4, 0.5) is 4.79 Å². The van der Waals surface area contributed by atoms with E-state index in [4.69, 9.17) is 21.7 Å². The van der Waals surface area contributed by atoms with Crippen LogP contribution in [0.2, 0.25) is 0 Å². The first kappa shape index (κ1) is 19.4. The van der Waals surface area contributed by atoms with Gasteiger partial charge < -0.3 is 14.8 Å². The van der Waals surface area contributed by atoms with Gasteiger partial charge in [0.15, 0.2) is 11.5 Å². The highest BCUT2D eigenvalue weighted by atomic mass is 32.2. The molecule has 0 radical (unpaired) electrons. The van der Waals surface area contributed by atoms with Crippen LogP contribution in [0, 0.1) is 0 Å². The molecule has 11 heteroatoms. The molecule has 3 amide bonds. The van der Waals surface area contributed by atoms with Crippen molar-refractivity contribution in [2.75, 3.05) is 7.11 Å². The molecule has 2 fully saturated rings. The zero-order valence-electron chi connectivity index (χ0n) is 13.8. The van der Waals surface area contributed by atoms with Crippen molar-refractivity contribution in [1.82, 2.24) is 10.6 Å². The second-order valence-electron chi connectivity index (χ2n) is 5.32.